The molecule has 0 spiro atoms. The molecule has 0 radical (unpaired) electrons. The molecular weight excluding hydrogens is 172 g/mol. The average molecular weight is 190 g/mol. The summed E-state index contributed by atoms with van der Waals surface area (Å²) in [6.45, 7) is 8.72. The summed E-state index contributed by atoms with van der Waals surface area (Å²) in [5.74, 6) is 0. The Balaban J connectivity index is 2.72. The number of hydrogen-bond acceptors (Lipinski definition) is 1. The highest BCUT2D eigenvalue weighted by molar-refractivity contribution is 5.19. The van der Waals surface area contributed by atoms with Crippen molar-refractivity contribution in [2.24, 2.45) is 0 Å². The van der Waals surface area contributed by atoms with Gasteiger partial charge in [0.25, 0.3) is 0 Å². The fourth-order valence-corrected chi connectivity index (χ4v) is 1.46. The highest BCUT2D eigenvalue weighted by Crippen LogP contribution is 2.23. The van der Waals surface area contributed by atoms with Gasteiger partial charge < -0.3 is 4.74 Å². The van der Waals surface area contributed by atoms with Crippen LogP contribution in [0.3, 0.4) is 0 Å². The fourth-order valence-electron chi connectivity index (χ4n) is 1.46. The molecule has 1 atom stereocenters. The van der Waals surface area contributed by atoms with Crippen LogP contribution in [0.15, 0.2) is 42.5 Å². The van der Waals surface area contributed by atoms with Crippen molar-refractivity contribution in [1.82, 2.24) is 0 Å². The van der Waals surface area contributed by atoms with Crippen LogP contribution in [0.25, 0.3) is 0 Å². The molecule has 76 valence electrons. The van der Waals surface area contributed by atoms with E-state index in [2.05, 4.69) is 18.7 Å². The van der Waals surface area contributed by atoms with Gasteiger partial charge in [-0.2, -0.15) is 0 Å². The van der Waals surface area contributed by atoms with E-state index in [-0.39, 0.29) is 6.10 Å². The summed E-state index contributed by atoms with van der Waals surface area (Å²) in [5.41, 5.74) is 2.39. The second-order valence-corrected chi connectivity index (χ2v) is 3.52. The lowest BCUT2D eigenvalue weighted by molar-refractivity contribution is 0.0629. The van der Waals surface area contributed by atoms with Crippen molar-refractivity contribution in [1.29, 1.82) is 0 Å². The van der Waals surface area contributed by atoms with Gasteiger partial charge in [-0.1, -0.05) is 35.9 Å². The van der Waals surface area contributed by atoms with Crippen molar-refractivity contribution < 1.29 is 4.74 Å². The molecule has 1 nitrogen and oxygen atoms in total. The van der Waals surface area contributed by atoms with Crippen molar-refractivity contribution in [3.63, 3.8) is 0 Å². The minimum atomic E-state index is 0.165. The van der Waals surface area contributed by atoms with E-state index in [1.54, 1.807) is 0 Å². The van der Waals surface area contributed by atoms with Gasteiger partial charge in [-0.05, 0) is 25.8 Å². The predicted octanol–water partition coefficient (Wildman–Crippen LogP) is 3.73. The average Bonchev–Trinajstić information content (AvgIpc) is 2.18. The Morgan fingerprint density at radius 2 is 2.00 bits per heavy atom. The molecule has 0 saturated heterocycles. The highest BCUT2D eigenvalue weighted by Gasteiger charge is 2.10. The van der Waals surface area contributed by atoms with Crippen LogP contribution in [0.5, 0.6) is 0 Å². The summed E-state index contributed by atoms with van der Waals surface area (Å²) in [6.07, 6.45) is 1.07. The Bertz CT molecular complexity index is 277. The molecule has 1 unspecified atom stereocenters. The van der Waals surface area contributed by atoms with Gasteiger partial charge in [-0.15, -0.1) is 6.58 Å². The quantitative estimate of drug-likeness (QED) is 0.643. The van der Waals surface area contributed by atoms with Gasteiger partial charge in [0, 0.05) is 6.61 Å². The zero-order chi connectivity index (χ0) is 10.4. The van der Waals surface area contributed by atoms with Crippen molar-refractivity contribution in [2.45, 2.75) is 26.4 Å². The molecule has 0 amide bonds. The smallest absolute Gasteiger partial charge is 0.0861 e. The third-order valence-electron chi connectivity index (χ3n) is 2.07. The summed E-state index contributed by atoms with van der Waals surface area (Å²) < 4.78 is 5.68. The van der Waals surface area contributed by atoms with Crippen LogP contribution in [-0.2, 0) is 4.74 Å². The molecule has 1 rings (SSSR count). The van der Waals surface area contributed by atoms with Gasteiger partial charge in [-0.3, -0.25) is 0 Å². The summed E-state index contributed by atoms with van der Waals surface area (Å²) in [5, 5.41) is 0. The molecule has 0 bridgehead atoms. The molecule has 0 aliphatic heterocycles. The van der Waals surface area contributed by atoms with Crippen LogP contribution in [0.2, 0.25) is 0 Å². The van der Waals surface area contributed by atoms with Crippen LogP contribution < -0.4 is 0 Å². The van der Waals surface area contributed by atoms with Crippen LogP contribution >= 0.6 is 0 Å². The molecular formula is C13H18O. The topological polar surface area (TPSA) is 9.23 Å². The Kier molecular flexibility index (Phi) is 4.41. The maximum absolute atomic E-state index is 5.68. The Morgan fingerprint density at radius 3 is 2.50 bits per heavy atom. The summed E-state index contributed by atoms with van der Waals surface area (Å²) in [6, 6.07) is 10.3. The zero-order valence-corrected chi connectivity index (χ0v) is 8.99. The maximum atomic E-state index is 5.68. The van der Waals surface area contributed by atoms with E-state index in [1.807, 2.05) is 32.0 Å². The summed E-state index contributed by atoms with van der Waals surface area (Å²) in [4.78, 5) is 0. The molecule has 0 aliphatic rings. The van der Waals surface area contributed by atoms with Crippen LogP contribution in [-0.4, -0.2) is 6.61 Å². The van der Waals surface area contributed by atoms with Crippen molar-refractivity contribution in [2.75, 3.05) is 6.61 Å². The van der Waals surface area contributed by atoms with Gasteiger partial charge in [-0.25, -0.2) is 0 Å². The SMILES string of the molecule is C=C(C)CC(OCC)c1ccccc1. The first-order chi connectivity index (χ1) is 6.74. The van der Waals surface area contributed by atoms with Gasteiger partial charge in [0.2, 0.25) is 0 Å². The van der Waals surface area contributed by atoms with Crippen LogP contribution in [0.4, 0.5) is 0 Å². The lowest BCUT2D eigenvalue weighted by Gasteiger charge is -2.17. The Labute approximate surface area is 86.4 Å². The molecule has 0 heterocycles. The number of hydrogen-bond donors (Lipinski definition) is 0. The van der Waals surface area contributed by atoms with Gasteiger partial charge in [0.1, 0.15) is 0 Å². The van der Waals surface area contributed by atoms with E-state index in [1.165, 1.54) is 5.56 Å². The highest BCUT2D eigenvalue weighted by atomic mass is 16.5. The van der Waals surface area contributed by atoms with Gasteiger partial charge in [0.05, 0.1) is 6.10 Å². The maximum Gasteiger partial charge on any atom is 0.0861 e. The minimum Gasteiger partial charge on any atom is -0.373 e. The normalized spacial score (nSPS) is 12.4. The molecule has 0 N–H and O–H groups in total. The van der Waals surface area contributed by atoms with Crippen LogP contribution in [0, 0.1) is 0 Å². The van der Waals surface area contributed by atoms with Crippen molar-refractivity contribution >= 4 is 0 Å². The van der Waals surface area contributed by atoms with Crippen molar-refractivity contribution in [3.05, 3.63) is 48.0 Å². The fraction of sp³-hybridized carbons (Fsp3) is 0.385. The van der Waals surface area contributed by atoms with Gasteiger partial charge >= 0.3 is 0 Å². The molecule has 0 saturated carbocycles. The van der Waals surface area contributed by atoms with Gasteiger partial charge in [0.15, 0.2) is 0 Å². The molecule has 1 aromatic carbocycles. The summed E-state index contributed by atoms with van der Waals surface area (Å²) in [7, 11) is 0. The predicted molar refractivity (Wildman–Crippen MR) is 60.2 cm³/mol. The third-order valence-corrected chi connectivity index (χ3v) is 2.07. The lowest BCUT2D eigenvalue weighted by Crippen LogP contribution is -2.04. The molecule has 1 heteroatoms. The summed E-state index contributed by atoms with van der Waals surface area (Å²) >= 11 is 0. The van der Waals surface area contributed by atoms with E-state index >= 15 is 0 Å². The number of rotatable bonds is 5. The Morgan fingerprint density at radius 1 is 1.36 bits per heavy atom. The molecule has 0 fully saturated rings. The second-order valence-electron chi connectivity index (χ2n) is 3.52. The van der Waals surface area contributed by atoms with E-state index in [4.69, 9.17) is 4.74 Å². The first-order valence-electron chi connectivity index (χ1n) is 5.05. The number of benzene rings is 1. The number of ether oxygens (including phenoxy) is 1. The monoisotopic (exact) mass is 190 g/mol. The molecule has 0 aliphatic carbocycles. The second kappa shape index (κ2) is 5.61. The minimum absolute atomic E-state index is 0.165. The largest absolute Gasteiger partial charge is 0.373 e. The van der Waals surface area contributed by atoms with Crippen molar-refractivity contribution in [3.8, 4) is 0 Å². The molecule has 1 aromatic rings. The Hall–Kier alpha value is -1.08. The standard InChI is InChI=1S/C13H18O/c1-4-14-13(10-11(2)3)12-8-6-5-7-9-12/h5-9,13H,2,4,10H2,1,3H3. The van der Waals surface area contributed by atoms with Crippen LogP contribution in [0.1, 0.15) is 31.9 Å². The van der Waals surface area contributed by atoms with E-state index < -0.39 is 0 Å². The first-order valence-corrected chi connectivity index (χ1v) is 5.05. The third kappa shape index (κ3) is 3.35. The zero-order valence-electron chi connectivity index (χ0n) is 8.99. The molecule has 0 aromatic heterocycles. The van der Waals surface area contributed by atoms with E-state index in [0.717, 1.165) is 18.6 Å². The van der Waals surface area contributed by atoms with E-state index in [0.29, 0.717) is 0 Å². The molecule has 14 heavy (non-hydrogen) atoms. The first kappa shape index (κ1) is 11.0. The lowest BCUT2D eigenvalue weighted by atomic mass is 10.0. The van der Waals surface area contributed by atoms with E-state index in [9.17, 15) is 0 Å².